The van der Waals surface area contributed by atoms with E-state index < -0.39 is 16.0 Å². The predicted molar refractivity (Wildman–Crippen MR) is 98.4 cm³/mol. The Labute approximate surface area is 162 Å². The molecule has 2 aromatic rings. The Balaban J connectivity index is 1.70. The van der Waals surface area contributed by atoms with Gasteiger partial charge < -0.3 is 14.2 Å². The van der Waals surface area contributed by atoms with Crippen LogP contribution in [0.15, 0.2) is 33.7 Å². The molecule has 28 heavy (non-hydrogen) atoms. The number of piperazine rings is 1. The molecular weight excluding hydrogens is 386 g/mol. The van der Waals surface area contributed by atoms with Crippen molar-refractivity contribution in [3.05, 3.63) is 41.3 Å². The second kappa shape index (κ2) is 7.72. The van der Waals surface area contributed by atoms with Crippen molar-refractivity contribution in [2.24, 2.45) is 0 Å². The number of hydrogen-bond acceptors (Lipinski definition) is 7. The molecule has 1 aromatic carbocycles. The molecule has 0 aliphatic carbocycles. The van der Waals surface area contributed by atoms with Gasteiger partial charge in [-0.3, -0.25) is 9.59 Å². The van der Waals surface area contributed by atoms with E-state index >= 15 is 0 Å². The molecule has 150 valence electrons. The number of rotatable bonds is 4. The van der Waals surface area contributed by atoms with Crippen molar-refractivity contribution in [3.8, 4) is 5.75 Å². The Morgan fingerprint density at radius 2 is 1.82 bits per heavy atom. The van der Waals surface area contributed by atoms with Crippen LogP contribution >= 0.6 is 0 Å². The van der Waals surface area contributed by atoms with Crippen LogP contribution in [0.5, 0.6) is 5.75 Å². The number of aryl methyl sites for hydroxylation is 2. The SMILES string of the molecule is CC(=O)Oc1cccc(C(=O)N2CCN(S(=O)(=O)c3c(C)noc3C)CC2)c1. The molecule has 0 N–H and O–H groups in total. The van der Waals surface area contributed by atoms with Gasteiger partial charge in [0.2, 0.25) is 10.0 Å². The third-order valence-electron chi connectivity index (χ3n) is 4.43. The van der Waals surface area contributed by atoms with Crippen LogP contribution in [-0.2, 0) is 14.8 Å². The smallest absolute Gasteiger partial charge is 0.308 e. The summed E-state index contributed by atoms with van der Waals surface area (Å²) in [5.41, 5.74) is 0.694. The lowest BCUT2D eigenvalue weighted by Gasteiger charge is -2.34. The minimum atomic E-state index is -3.73. The fourth-order valence-corrected chi connectivity index (χ4v) is 4.86. The molecule has 9 nitrogen and oxygen atoms in total. The van der Waals surface area contributed by atoms with E-state index in [0.717, 1.165) is 0 Å². The molecule has 0 bridgehead atoms. The average molecular weight is 407 g/mol. The lowest BCUT2D eigenvalue weighted by Crippen LogP contribution is -2.50. The van der Waals surface area contributed by atoms with E-state index in [1.807, 2.05) is 0 Å². The van der Waals surface area contributed by atoms with Crippen molar-refractivity contribution in [1.82, 2.24) is 14.4 Å². The van der Waals surface area contributed by atoms with Crippen LogP contribution < -0.4 is 4.74 Å². The number of nitrogens with zero attached hydrogens (tertiary/aromatic N) is 3. The molecule has 0 saturated carbocycles. The summed E-state index contributed by atoms with van der Waals surface area (Å²) in [7, 11) is -3.73. The molecule has 1 fully saturated rings. The van der Waals surface area contributed by atoms with Gasteiger partial charge in [0.05, 0.1) is 0 Å². The number of sulfonamides is 1. The molecule has 1 aromatic heterocycles. The fraction of sp³-hybridized carbons (Fsp3) is 0.389. The van der Waals surface area contributed by atoms with Crippen LogP contribution in [0.2, 0.25) is 0 Å². The summed E-state index contributed by atoms with van der Waals surface area (Å²) in [5.74, 6) is -0.178. The summed E-state index contributed by atoms with van der Waals surface area (Å²) < 4.78 is 37.0. The van der Waals surface area contributed by atoms with E-state index in [4.69, 9.17) is 9.26 Å². The van der Waals surface area contributed by atoms with Gasteiger partial charge in [-0.2, -0.15) is 4.31 Å². The van der Waals surface area contributed by atoms with Crippen molar-refractivity contribution in [2.45, 2.75) is 25.7 Å². The fourth-order valence-electron chi connectivity index (χ4n) is 3.14. The molecule has 0 radical (unpaired) electrons. The highest BCUT2D eigenvalue weighted by Gasteiger charge is 2.34. The van der Waals surface area contributed by atoms with E-state index in [0.29, 0.717) is 11.3 Å². The second-order valence-electron chi connectivity index (χ2n) is 6.47. The number of carbonyl (C=O) groups excluding carboxylic acids is 2. The van der Waals surface area contributed by atoms with Crippen LogP contribution in [0.1, 0.15) is 28.7 Å². The first-order valence-corrected chi connectivity index (χ1v) is 10.1. The molecule has 1 amide bonds. The van der Waals surface area contributed by atoms with Crippen LogP contribution in [0.25, 0.3) is 0 Å². The van der Waals surface area contributed by atoms with Gasteiger partial charge in [0.1, 0.15) is 16.3 Å². The number of benzene rings is 1. The molecule has 0 unspecified atom stereocenters. The number of esters is 1. The first-order chi connectivity index (χ1) is 13.2. The molecule has 1 aliphatic heterocycles. The van der Waals surface area contributed by atoms with E-state index in [2.05, 4.69) is 5.16 Å². The Bertz CT molecular complexity index is 987. The lowest BCUT2D eigenvalue weighted by molar-refractivity contribution is -0.131. The minimum absolute atomic E-state index is 0.0846. The molecule has 1 saturated heterocycles. The third-order valence-corrected chi connectivity index (χ3v) is 6.58. The van der Waals surface area contributed by atoms with E-state index in [1.54, 1.807) is 36.9 Å². The van der Waals surface area contributed by atoms with E-state index in [9.17, 15) is 18.0 Å². The highest BCUT2D eigenvalue weighted by Crippen LogP contribution is 2.24. The lowest BCUT2D eigenvalue weighted by atomic mass is 10.1. The van der Waals surface area contributed by atoms with Crippen LogP contribution in [0.4, 0.5) is 0 Å². The van der Waals surface area contributed by atoms with Crippen LogP contribution in [0, 0.1) is 13.8 Å². The van der Waals surface area contributed by atoms with Gasteiger partial charge in [0, 0.05) is 38.7 Å². The summed E-state index contributed by atoms with van der Waals surface area (Å²) in [4.78, 5) is 25.5. The van der Waals surface area contributed by atoms with Gasteiger partial charge in [-0.05, 0) is 32.0 Å². The monoisotopic (exact) mass is 407 g/mol. The van der Waals surface area contributed by atoms with Crippen LogP contribution in [0.3, 0.4) is 0 Å². The van der Waals surface area contributed by atoms with E-state index in [1.165, 1.54) is 17.3 Å². The van der Waals surface area contributed by atoms with Gasteiger partial charge >= 0.3 is 5.97 Å². The Morgan fingerprint density at radius 1 is 1.14 bits per heavy atom. The van der Waals surface area contributed by atoms with Gasteiger partial charge in [-0.1, -0.05) is 11.2 Å². The Hall–Kier alpha value is -2.72. The molecule has 0 atom stereocenters. The Kier molecular flexibility index (Phi) is 5.52. The van der Waals surface area contributed by atoms with Gasteiger partial charge in [0.15, 0.2) is 5.76 Å². The summed E-state index contributed by atoms with van der Waals surface area (Å²) in [5, 5.41) is 3.71. The molecule has 1 aliphatic rings. The highest BCUT2D eigenvalue weighted by molar-refractivity contribution is 7.89. The molecule has 0 spiro atoms. The number of aromatic nitrogens is 1. The van der Waals surface area contributed by atoms with Crippen LogP contribution in [-0.4, -0.2) is 60.8 Å². The first-order valence-electron chi connectivity index (χ1n) is 8.71. The summed E-state index contributed by atoms with van der Waals surface area (Å²) >= 11 is 0. The van der Waals surface area contributed by atoms with Gasteiger partial charge in [-0.15, -0.1) is 0 Å². The summed E-state index contributed by atoms with van der Waals surface area (Å²) in [6, 6.07) is 6.34. The van der Waals surface area contributed by atoms with Gasteiger partial charge in [0.25, 0.3) is 5.91 Å². The topological polar surface area (TPSA) is 110 Å². The minimum Gasteiger partial charge on any atom is -0.427 e. The summed E-state index contributed by atoms with van der Waals surface area (Å²) in [6.45, 7) is 5.26. The zero-order valence-electron chi connectivity index (χ0n) is 15.8. The third kappa shape index (κ3) is 3.92. The highest BCUT2D eigenvalue weighted by atomic mass is 32.2. The zero-order valence-corrected chi connectivity index (χ0v) is 16.7. The van der Waals surface area contributed by atoms with Crippen molar-refractivity contribution >= 4 is 21.9 Å². The maximum Gasteiger partial charge on any atom is 0.308 e. The van der Waals surface area contributed by atoms with Gasteiger partial charge in [-0.25, -0.2) is 8.42 Å². The predicted octanol–water partition coefficient (Wildman–Crippen LogP) is 1.36. The maximum atomic E-state index is 12.9. The quantitative estimate of drug-likeness (QED) is 0.556. The van der Waals surface area contributed by atoms with Crippen molar-refractivity contribution in [2.75, 3.05) is 26.2 Å². The van der Waals surface area contributed by atoms with Crippen molar-refractivity contribution in [1.29, 1.82) is 0 Å². The van der Waals surface area contributed by atoms with Crippen molar-refractivity contribution in [3.63, 3.8) is 0 Å². The molecule has 10 heteroatoms. The van der Waals surface area contributed by atoms with Crippen molar-refractivity contribution < 1.29 is 27.3 Å². The number of amides is 1. The normalized spacial score (nSPS) is 15.5. The largest absolute Gasteiger partial charge is 0.427 e. The average Bonchev–Trinajstić information content (AvgIpc) is 3.00. The number of ether oxygens (including phenoxy) is 1. The zero-order chi connectivity index (χ0) is 20.5. The van der Waals surface area contributed by atoms with E-state index in [-0.39, 0.29) is 48.5 Å². The number of hydrogen-bond donors (Lipinski definition) is 0. The Morgan fingerprint density at radius 3 is 2.39 bits per heavy atom. The summed E-state index contributed by atoms with van der Waals surface area (Å²) in [6.07, 6.45) is 0. The molecule has 3 rings (SSSR count). The number of carbonyl (C=O) groups is 2. The molecule has 2 heterocycles. The second-order valence-corrected chi connectivity index (χ2v) is 8.35. The first kappa shape index (κ1) is 20.0. The standard InChI is InChI=1S/C18H21N3O6S/c1-12-17(13(2)27-19-12)28(24,25)21-9-7-20(8-10-21)18(23)15-5-4-6-16(11-15)26-14(3)22/h4-6,11H,7-10H2,1-3H3. The molecular formula is C18H21N3O6S. The maximum absolute atomic E-state index is 12.9.